The van der Waals surface area contributed by atoms with Gasteiger partial charge in [0.2, 0.25) is 5.95 Å². The van der Waals surface area contributed by atoms with Crippen molar-refractivity contribution in [2.75, 3.05) is 6.61 Å². The summed E-state index contributed by atoms with van der Waals surface area (Å²) < 4.78 is 37.2. The molecule has 8 nitrogen and oxygen atoms in total. The van der Waals surface area contributed by atoms with Crippen LogP contribution < -0.4 is 10.4 Å². The number of fused-ring (bicyclic) bond motifs is 3. The van der Waals surface area contributed by atoms with Gasteiger partial charge in [0.15, 0.2) is 17.2 Å². The van der Waals surface area contributed by atoms with Crippen LogP contribution in [0.15, 0.2) is 47.5 Å². The summed E-state index contributed by atoms with van der Waals surface area (Å²) in [5, 5.41) is 0. The summed E-state index contributed by atoms with van der Waals surface area (Å²) >= 11 is 0. The van der Waals surface area contributed by atoms with Gasteiger partial charge in [0.25, 0.3) is 0 Å². The molecule has 1 aliphatic heterocycles. The van der Waals surface area contributed by atoms with E-state index in [4.69, 9.17) is 14.7 Å². The van der Waals surface area contributed by atoms with Crippen LogP contribution in [0.5, 0.6) is 5.75 Å². The first-order chi connectivity index (χ1) is 17.0. The molecule has 178 valence electrons. The van der Waals surface area contributed by atoms with Crippen LogP contribution in [-0.4, -0.2) is 35.7 Å². The number of hydrogen-bond donors (Lipinski definition) is 1. The molecule has 0 saturated carbocycles. The summed E-state index contributed by atoms with van der Waals surface area (Å²) in [6, 6.07) is 8.55. The molecule has 10 heteroatoms. The van der Waals surface area contributed by atoms with Crippen molar-refractivity contribution >= 4 is 22.2 Å². The number of benzene rings is 2. The zero-order chi connectivity index (χ0) is 24.3. The fourth-order valence-electron chi connectivity index (χ4n) is 4.73. The largest absolute Gasteiger partial charge is 0.490 e. The molecule has 6 rings (SSSR count). The molecular weight excluding hydrogens is 454 g/mol. The Morgan fingerprint density at radius 3 is 2.91 bits per heavy atom. The lowest BCUT2D eigenvalue weighted by Crippen LogP contribution is -2.28. The summed E-state index contributed by atoms with van der Waals surface area (Å²) in [6.07, 6.45) is 2.80. The maximum atomic E-state index is 14.5. The number of nitrogens with zero attached hydrogens (tertiary/aromatic N) is 5. The van der Waals surface area contributed by atoms with Crippen LogP contribution in [0.25, 0.3) is 28.1 Å². The lowest BCUT2D eigenvalue weighted by atomic mass is 10.00. The molecule has 0 saturated heterocycles. The van der Waals surface area contributed by atoms with Gasteiger partial charge in [-0.25, -0.2) is 23.5 Å². The number of aromatic nitrogens is 6. The minimum atomic E-state index is -0.472. The SMILES string of the molecule is CCC(C)c1nc(-n2cnc3ccc(F)cc32)nc2c1[nH]c(=O)n2[C@@H]1CCOc2c(F)cccc21. The number of imidazole rings is 2. The standard InChI is InChI=1S/C25H22F2N6O2/c1-3-13(2)20-21-23(31-24(29-20)32-12-28-17-8-7-14(26)11-19(17)32)33(25(34)30-21)18-9-10-35-22-15(18)5-4-6-16(22)27/h4-8,11-13,18H,3,9-10H2,1-2H3,(H,30,34)/t13?,18-/m1/s1. The highest BCUT2D eigenvalue weighted by Crippen LogP contribution is 2.37. The van der Waals surface area contributed by atoms with Gasteiger partial charge in [-0.15, -0.1) is 0 Å². The highest BCUT2D eigenvalue weighted by molar-refractivity contribution is 5.79. The molecule has 0 aliphatic carbocycles. The van der Waals surface area contributed by atoms with Crippen LogP contribution in [0.1, 0.15) is 49.9 Å². The molecule has 1 unspecified atom stereocenters. The van der Waals surface area contributed by atoms with E-state index in [1.54, 1.807) is 33.7 Å². The molecule has 1 aliphatic rings. The van der Waals surface area contributed by atoms with Gasteiger partial charge in [0.05, 0.1) is 29.4 Å². The minimum Gasteiger partial charge on any atom is -0.490 e. The maximum Gasteiger partial charge on any atom is 0.328 e. The lowest BCUT2D eigenvalue weighted by molar-refractivity contribution is 0.244. The van der Waals surface area contributed by atoms with Crippen LogP contribution in [-0.2, 0) is 0 Å². The number of nitrogens with one attached hydrogen (secondary N) is 1. The van der Waals surface area contributed by atoms with Gasteiger partial charge in [0.1, 0.15) is 17.7 Å². The first kappa shape index (κ1) is 21.5. The van der Waals surface area contributed by atoms with E-state index in [-0.39, 0.29) is 29.9 Å². The van der Waals surface area contributed by atoms with E-state index >= 15 is 0 Å². The normalized spacial score (nSPS) is 16.4. The van der Waals surface area contributed by atoms with Crippen molar-refractivity contribution in [3.05, 3.63) is 76.1 Å². The molecule has 0 fully saturated rings. The van der Waals surface area contributed by atoms with Crippen LogP contribution in [0.3, 0.4) is 0 Å². The first-order valence-electron chi connectivity index (χ1n) is 11.5. The summed E-state index contributed by atoms with van der Waals surface area (Å²) in [5.41, 5.74) is 2.94. The van der Waals surface area contributed by atoms with Crippen LogP contribution in [0.2, 0.25) is 0 Å². The molecule has 0 amide bonds. The Labute approximate surface area is 198 Å². The Morgan fingerprint density at radius 2 is 2.09 bits per heavy atom. The van der Waals surface area contributed by atoms with Crippen molar-refractivity contribution in [3.63, 3.8) is 0 Å². The molecule has 2 aromatic carbocycles. The third-order valence-corrected chi connectivity index (χ3v) is 6.69. The van der Waals surface area contributed by atoms with Crippen LogP contribution >= 0.6 is 0 Å². The van der Waals surface area contributed by atoms with Crippen LogP contribution in [0, 0.1) is 11.6 Å². The van der Waals surface area contributed by atoms with Crippen molar-refractivity contribution in [2.45, 2.75) is 38.6 Å². The molecule has 0 radical (unpaired) electrons. The molecular formula is C25H22F2N6O2. The molecule has 4 heterocycles. The fourth-order valence-corrected chi connectivity index (χ4v) is 4.73. The third kappa shape index (κ3) is 3.31. The average molecular weight is 476 g/mol. The highest BCUT2D eigenvalue weighted by Gasteiger charge is 2.30. The number of ether oxygens (including phenoxy) is 1. The second-order valence-corrected chi connectivity index (χ2v) is 8.78. The molecule has 2 atom stereocenters. The van der Waals surface area contributed by atoms with Gasteiger partial charge in [-0.3, -0.25) is 9.13 Å². The molecule has 1 N–H and O–H groups in total. The van der Waals surface area contributed by atoms with E-state index < -0.39 is 17.7 Å². The number of para-hydroxylation sites is 1. The third-order valence-electron chi connectivity index (χ3n) is 6.69. The number of hydrogen-bond acceptors (Lipinski definition) is 5. The Morgan fingerprint density at radius 1 is 1.23 bits per heavy atom. The van der Waals surface area contributed by atoms with Gasteiger partial charge in [-0.05, 0) is 24.6 Å². The zero-order valence-electron chi connectivity index (χ0n) is 19.1. The number of rotatable bonds is 4. The van der Waals surface area contributed by atoms with Gasteiger partial charge in [-0.1, -0.05) is 26.0 Å². The highest BCUT2D eigenvalue weighted by atomic mass is 19.1. The summed E-state index contributed by atoms with van der Waals surface area (Å²) in [4.78, 5) is 30.1. The summed E-state index contributed by atoms with van der Waals surface area (Å²) in [5.74, 6) is -0.432. The van der Waals surface area contributed by atoms with E-state index in [1.165, 1.54) is 18.2 Å². The second kappa shape index (κ2) is 8.00. The summed E-state index contributed by atoms with van der Waals surface area (Å²) in [6.45, 7) is 4.32. The van der Waals surface area contributed by atoms with Gasteiger partial charge < -0.3 is 9.72 Å². The van der Waals surface area contributed by atoms with Crippen molar-refractivity contribution in [3.8, 4) is 11.7 Å². The quantitative estimate of drug-likeness (QED) is 0.409. The van der Waals surface area contributed by atoms with E-state index in [1.807, 2.05) is 13.8 Å². The zero-order valence-corrected chi connectivity index (χ0v) is 19.1. The maximum absolute atomic E-state index is 14.5. The van der Waals surface area contributed by atoms with Crippen molar-refractivity contribution < 1.29 is 13.5 Å². The Hall–Kier alpha value is -4.08. The predicted molar refractivity (Wildman–Crippen MR) is 126 cm³/mol. The Kier molecular flexibility index (Phi) is 4.91. The van der Waals surface area contributed by atoms with Crippen molar-refractivity contribution in [1.82, 2.24) is 29.1 Å². The topological polar surface area (TPSA) is 90.6 Å². The molecule has 35 heavy (non-hydrogen) atoms. The Balaban J connectivity index is 1.64. The number of aromatic amines is 1. The smallest absolute Gasteiger partial charge is 0.328 e. The van der Waals surface area contributed by atoms with Gasteiger partial charge in [-0.2, -0.15) is 4.98 Å². The van der Waals surface area contributed by atoms with E-state index in [9.17, 15) is 13.6 Å². The predicted octanol–water partition coefficient (Wildman–Crippen LogP) is 4.62. The number of halogens is 2. The van der Waals surface area contributed by atoms with Crippen LogP contribution in [0.4, 0.5) is 8.78 Å². The monoisotopic (exact) mass is 476 g/mol. The van der Waals surface area contributed by atoms with Gasteiger partial charge >= 0.3 is 5.69 Å². The van der Waals surface area contributed by atoms with Crippen molar-refractivity contribution in [1.29, 1.82) is 0 Å². The average Bonchev–Trinajstić information content (AvgIpc) is 3.42. The molecule has 3 aromatic heterocycles. The fraction of sp³-hybridized carbons (Fsp3) is 0.280. The molecule has 0 spiro atoms. The Bertz CT molecular complexity index is 1650. The molecule has 0 bridgehead atoms. The van der Waals surface area contributed by atoms with E-state index in [0.29, 0.717) is 39.9 Å². The minimum absolute atomic E-state index is 0.0108. The molecule has 5 aromatic rings. The van der Waals surface area contributed by atoms with Crippen molar-refractivity contribution in [2.24, 2.45) is 0 Å². The number of H-pyrrole nitrogens is 1. The first-order valence-corrected chi connectivity index (χ1v) is 11.5. The van der Waals surface area contributed by atoms with E-state index in [0.717, 1.165) is 6.42 Å². The second-order valence-electron chi connectivity index (χ2n) is 8.78. The van der Waals surface area contributed by atoms with Gasteiger partial charge in [0, 0.05) is 24.0 Å². The van der Waals surface area contributed by atoms with E-state index in [2.05, 4.69) is 9.97 Å². The summed E-state index contributed by atoms with van der Waals surface area (Å²) in [7, 11) is 0. The lowest BCUT2D eigenvalue weighted by Gasteiger charge is -2.27.